The van der Waals surface area contributed by atoms with E-state index in [4.69, 9.17) is 11.6 Å². The van der Waals surface area contributed by atoms with E-state index in [1.54, 1.807) is 0 Å². The molecule has 0 saturated heterocycles. The summed E-state index contributed by atoms with van der Waals surface area (Å²) in [7, 11) is 0. The number of nitrogens with one attached hydrogen (secondary N) is 1. The van der Waals surface area contributed by atoms with Crippen molar-refractivity contribution in [2.75, 3.05) is 5.32 Å². The zero-order valence-corrected chi connectivity index (χ0v) is 11.1. The van der Waals surface area contributed by atoms with Crippen LogP contribution in [0.25, 0.3) is 0 Å². The van der Waals surface area contributed by atoms with Crippen LogP contribution in [0.1, 0.15) is 11.1 Å². The number of nitro groups is 1. The Hall–Kier alpha value is -2.07. The van der Waals surface area contributed by atoms with Crippen LogP contribution in [-0.2, 0) is 6.54 Å². The minimum absolute atomic E-state index is 0.0242. The van der Waals surface area contributed by atoms with Crippen LogP contribution in [0.3, 0.4) is 0 Å². The fourth-order valence-electron chi connectivity index (χ4n) is 1.78. The van der Waals surface area contributed by atoms with Crippen LogP contribution < -0.4 is 5.32 Å². The van der Waals surface area contributed by atoms with Gasteiger partial charge in [0.15, 0.2) is 0 Å². The van der Waals surface area contributed by atoms with E-state index in [0.29, 0.717) is 17.3 Å². The number of rotatable bonds is 4. The van der Waals surface area contributed by atoms with Crippen molar-refractivity contribution in [1.29, 1.82) is 0 Å². The Kier molecular flexibility index (Phi) is 4.02. The van der Waals surface area contributed by atoms with Gasteiger partial charge in [-0.3, -0.25) is 10.1 Å². The predicted octanol–water partition coefficient (Wildman–Crippen LogP) is 4.17. The number of anilines is 1. The molecule has 0 radical (unpaired) electrons. The molecule has 0 fully saturated rings. The highest BCUT2D eigenvalue weighted by atomic mass is 35.5. The van der Waals surface area contributed by atoms with E-state index < -0.39 is 4.92 Å². The molecule has 0 aliphatic carbocycles. The zero-order chi connectivity index (χ0) is 13.8. The summed E-state index contributed by atoms with van der Waals surface area (Å²) in [4.78, 5) is 10.3. The van der Waals surface area contributed by atoms with Crippen LogP contribution in [0.4, 0.5) is 11.4 Å². The molecule has 19 heavy (non-hydrogen) atoms. The first kappa shape index (κ1) is 13.4. The SMILES string of the molecule is Cc1cccc(CNc2cc([N+](=O)[O-])ccc2Cl)c1. The summed E-state index contributed by atoms with van der Waals surface area (Å²) in [6.45, 7) is 2.59. The molecule has 0 bridgehead atoms. The average Bonchev–Trinajstić information content (AvgIpc) is 2.37. The molecule has 98 valence electrons. The van der Waals surface area contributed by atoms with Gasteiger partial charge >= 0.3 is 0 Å². The number of benzene rings is 2. The van der Waals surface area contributed by atoms with Gasteiger partial charge in [-0.1, -0.05) is 41.4 Å². The van der Waals surface area contributed by atoms with E-state index in [9.17, 15) is 10.1 Å². The smallest absolute Gasteiger partial charge is 0.271 e. The first-order valence-electron chi connectivity index (χ1n) is 5.79. The Labute approximate surface area is 116 Å². The third-order valence-corrected chi connectivity index (χ3v) is 3.06. The number of aryl methyl sites for hydroxylation is 1. The number of hydrogen-bond donors (Lipinski definition) is 1. The van der Waals surface area contributed by atoms with Crippen LogP contribution in [-0.4, -0.2) is 4.92 Å². The Morgan fingerprint density at radius 3 is 2.74 bits per heavy atom. The van der Waals surface area contributed by atoms with Crippen LogP contribution in [0.15, 0.2) is 42.5 Å². The lowest BCUT2D eigenvalue weighted by Gasteiger charge is -2.08. The van der Waals surface area contributed by atoms with E-state index in [-0.39, 0.29) is 5.69 Å². The molecule has 0 amide bonds. The van der Waals surface area contributed by atoms with Crippen molar-refractivity contribution >= 4 is 23.0 Å². The largest absolute Gasteiger partial charge is 0.380 e. The van der Waals surface area contributed by atoms with Gasteiger partial charge in [-0.15, -0.1) is 0 Å². The topological polar surface area (TPSA) is 55.2 Å². The summed E-state index contributed by atoms with van der Waals surface area (Å²) in [5.41, 5.74) is 2.86. The molecule has 4 nitrogen and oxygen atoms in total. The zero-order valence-electron chi connectivity index (χ0n) is 10.4. The fraction of sp³-hybridized carbons (Fsp3) is 0.143. The summed E-state index contributed by atoms with van der Waals surface area (Å²) >= 11 is 6.01. The Morgan fingerprint density at radius 1 is 1.26 bits per heavy atom. The average molecular weight is 277 g/mol. The molecule has 0 unspecified atom stereocenters. The second kappa shape index (κ2) is 5.71. The van der Waals surface area contributed by atoms with Crippen molar-refractivity contribution in [1.82, 2.24) is 0 Å². The highest BCUT2D eigenvalue weighted by Gasteiger charge is 2.09. The van der Waals surface area contributed by atoms with Crippen LogP contribution >= 0.6 is 11.6 Å². The molecule has 0 heterocycles. The van der Waals surface area contributed by atoms with Gasteiger partial charge in [-0.05, 0) is 18.6 Å². The van der Waals surface area contributed by atoms with Gasteiger partial charge in [0, 0.05) is 18.7 Å². The molecule has 0 spiro atoms. The molecule has 2 aromatic rings. The van der Waals surface area contributed by atoms with Gasteiger partial charge in [0.25, 0.3) is 5.69 Å². The molecule has 1 N–H and O–H groups in total. The predicted molar refractivity (Wildman–Crippen MR) is 76.6 cm³/mol. The maximum Gasteiger partial charge on any atom is 0.271 e. The third kappa shape index (κ3) is 3.45. The lowest BCUT2D eigenvalue weighted by molar-refractivity contribution is -0.384. The van der Waals surface area contributed by atoms with E-state index in [0.717, 1.165) is 5.56 Å². The molecule has 0 aliphatic heterocycles. The highest BCUT2D eigenvalue weighted by molar-refractivity contribution is 6.33. The summed E-state index contributed by atoms with van der Waals surface area (Å²) < 4.78 is 0. The molecule has 0 aromatic heterocycles. The molecule has 0 atom stereocenters. The number of halogens is 1. The molecular formula is C14H13ClN2O2. The van der Waals surface area contributed by atoms with Crippen molar-refractivity contribution in [3.63, 3.8) is 0 Å². The molecule has 0 aliphatic rings. The van der Waals surface area contributed by atoms with Gasteiger partial charge in [0.1, 0.15) is 0 Å². The first-order valence-corrected chi connectivity index (χ1v) is 6.17. The summed E-state index contributed by atoms with van der Waals surface area (Å²) in [6.07, 6.45) is 0. The summed E-state index contributed by atoms with van der Waals surface area (Å²) in [6, 6.07) is 12.4. The normalized spacial score (nSPS) is 10.2. The molecule has 2 aromatic carbocycles. The van der Waals surface area contributed by atoms with Crippen molar-refractivity contribution in [3.8, 4) is 0 Å². The molecule has 0 saturated carbocycles. The standard InChI is InChI=1S/C14H13ClN2O2/c1-10-3-2-4-11(7-10)9-16-14-8-12(17(18)19)5-6-13(14)15/h2-8,16H,9H2,1H3. The third-order valence-electron chi connectivity index (χ3n) is 2.73. The minimum atomic E-state index is -0.436. The quantitative estimate of drug-likeness (QED) is 0.673. The number of hydrogen-bond acceptors (Lipinski definition) is 3. The maximum absolute atomic E-state index is 10.7. The Bertz CT molecular complexity index is 614. The van der Waals surface area contributed by atoms with E-state index in [1.807, 2.05) is 25.1 Å². The fourth-order valence-corrected chi connectivity index (χ4v) is 1.97. The number of nitro benzene ring substituents is 1. The van der Waals surface area contributed by atoms with Crippen molar-refractivity contribution in [2.24, 2.45) is 0 Å². The van der Waals surface area contributed by atoms with Gasteiger partial charge < -0.3 is 5.32 Å². The Morgan fingerprint density at radius 2 is 2.05 bits per heavy atom. The summed E-state index contributed by atoms with van der Waals surface area (Å²) in [5, 5.41) is 14.3. The molecule has 5 heteroatoms. The van der Waals surface area contributed by atoms with E-state index in [2.05, 4.69) is 11.4 Å². The monoisotopic (exact) mass is 276 g/mol. The van der Waals surface area contributed by atoms with Gasteiger partial charge in [0.05, 0.1) is 15.6 Å². The second-order valence-electron chi connectivity index (χ2n) is 4.26. The van der Waals surface area contributed by atoms with Crippen LogP contribution in [0.2, 0.25) is 5.02 Å². The van der Waals surface area contributed by atoms with E-state index in [1.165, 1.54) is 23.8 Å². The van der Waals surface area contributed by atoms with Crippen molar-refractivity contribution in [2.45, 2.75) is 13.5 Å². The van der Waals surface area contributed by atoms with Crippen LogP contribution in [0.5, 0.6) is 0 Å². The Balaban J connectivity index is 2.15. The minimum Gasteiger partial charge on any atom is -0.380 e. The molecule has 2 rings (SSSR count). The lowest BCUT2D eigenvalue weighted by atomic mass is 10.1. The first-order chi connectivity index (χ1) is 9.06. The molecular weight excluding hydrogens is 264 g/mol. The second-order valence-corrected chi connectivity index (χ2v) is 4.67. The van der Waals surface area contributed by atoms with Crippen molar-refractivity contribution < 1.29 is 4.92 Å². The van der Waals surface area contributed by atoms with E-state index >= 15 is 0 Å². The maximum atomic E-state index is 10.7. The highest BCUT2D eigenvalue weighted by Crippen LogP contribution is 2.27. The van der Waals surface area contributed by atoms with Gasteiger partial charge in [-0.25, -0.2) is 0 Å². The van der Waals surface area contributed by atoms with Crippen LogP contribution in [0, 0.1) is 17.0 Å². The van der Waals surface area contributed by atoms with Gasteiger partial charge in [0.2, 0.25) is 0 Å². The van der Waals surface area contributed by atoms with Gasteiger partial charge in [-0.2, -0.15) is 0 Å². The number of nitrogens with zero attached hydrogens (tertiary/aromatic N) is 1. The summed E-state index contributed by atoms with van der Waals surface area (Å²) in [5.74, 6) is 0. The van der Waals surface area contributed by atoms with Crippen molar-refractivity contribution in [3.05, 3.63) is 68.7 Å². The lowest BCUT2D eigenvalue weighted by Crippen LogP contribution is -2.01. The number of non-ortho nitro benzene ring substituents is 1.